The summed E-state index contributed by atoms with van der Waals surface area (Å²) in [5.41, 5.74) is 0. The molecule has 0 aliphatic carbocycles. The van der Waals surface area contributed by atoms with E-state index < -0.39 is 0 Å². The molecule has 1 atom stereocenters. The third-order valence-corrected chi connectivity index (χ3v) is 5.48. The Hall–Kier alpha value is -1.10. The molecule has 0 radical (unpaired) electrons. The molecule has 5 heteroatoms. The fraction of sp³-hybridized carbons (Fsp3) is 0.400. The topological polar surface area (TPSA) is 29.5 Å². The lowest BCUT2D eigenvalue weighted by atomic mass is 10.2. The predicted molar refractivity (Wildman–Crippen MR) is 82.3 cm³/mol. The van der Waals surface area contributed by atoms with Gasteiger partial charge < -0.3 is 4.74 Å². The van der Waals surface area contributed by atoms with Crippen molar-refractivity contribution in [3.05, 3.63) is 34.2 Å². The molecule has 3 nitrogen and oxygen atoms in total. The van der Waals surface area contributed by atoms with Gasteiger partial charge in [0.1, 0.15) is 6.04 Å². The van der Waals surface area contributed by atoms with E-state index in [1.807, 2.05) is 18.2 Å². The van der Waals surface area contributed by atoms with Gasteiger partial charge in [-0.25, -0.2) is 0 Å². The summed E-state index contributed by atoms with van der Waals surface area (Å²) in [6, 6.07) is 8.02. The zero-order valence-electron chi connectivity index (χ0n) is 11.3. The van der Waals surface area contributed by atoms with Crippen LogP contribution in [0.4, 0.5) is 0 Å². The van der Waals surface area contributed by atoms with Crippen LogP contribution in [0.5, 0.6) is 0 Å². The smallest absolute Gasteiger partial charge is 0.323 e. The average Bonchev–Trinajstić information content (AvgIpc) is 3.05. The Balaban J connectivity index is 1.85. The number of rotatable bonds is 3. The van der Waals surface area contributed by atoms with Crippen molar-refractivity contribution in [2.45, 2.75) is 25.4 Å². The largest absolute Gasteiger partial charge is 0.468 e. The summed E-state index contributed by atoms with van der Waals surface area (Å²) in [5, 5.41) is 1.92. The van der Waals surface area contributed by atoms with Crippen LogP contribution in [0.3, 0.4) is 0 Å². The second kappa shape index (κ2) is 5.72. The van der Waals surface area contributed by atoms with Gasteiger partial charge in [0, 0.05) is 21.5 Å². The summed E-state index contributed by atoms with van der Waals surface area (Å²) in [4.78, 5) is 15.1. The first-order chi connectivity index (χ1) is 9.70. The van der Waals surface area contributed by atoms with Crippen LogP contribution < -0.4 is 0 Å². The van der Waals surface area contributed by atoms with E-state index in [0.717, 1.165) is 41.2 Å². The molecule has 1 aliphatic heterocycles. The lowest BCUT2D eigenvalue weighted by molar-refractivity contribution is -0.146. The lowest BCUT2D eigenvalue weighted by Gasteiger charge is -2.21. The van der Waals surface area contributed by atoms with Crippen molar-refractivity contribution in [3.8, 4) is 0 Å². The second-order valence-corrected chi connectivity index (χ2v) is 6.50. The summed E-state index contributed by atoms with van der Waals surface area (Å²) >= 11 is 8.17. The summed E-state index contributed by atoms with van der Waals surface area (Å²) < 4.78 is 6.08. The number of hydrogen-bond acceptors (Lipinski definition) is 4. The second-order valence-electron chi connectivity index (χ2n) is 4.99. The number of likely N-dealkylation sites (tertiary alicyclic amines) is 1. The number of esters is 1. The predicted octanol–water partition coefficient (Wildman–Crippen LogP) is 3.69. The fourth-order valence-corrected chi connectivity index (χ4v) is 4.29. The zero-order chi connectivity index (χ0) is 14.1. The minimum atomic E-state index is -0.139. The van der Waals surface area contributed by atoms with Crippen LogP contribution in [0, 0.1) is 0 Å². The molecule has 0 saturated carbocycles. The van der Waals surface area contributed by atoms with Gasteiger partial charge in [-0.05, 0) is 25.5 Å². The number of nitrogens with zero attached hydrogens (tertiary/aromatic N) is 1. The molecule has 1 aliphatic rings. The SMILES string of the molecule is COC(=O)C1CCCN1Cc1sc2ccccc2c1Cl. The van der Waals surface area contributed by atoms with Crippen LogP contribution in [-0.2, 0) is 16.1 Å². The molecule has 3 rings (SSSR count). The van der Waals surface area contributed by atoms with Crippen molar-refractivity contribution in [1.82, 2.24) is 4.90 Å². The highest BCUT2D eigenvalue weighted by molar-refractivity contribution is 7.19. The van der Waals surface area contributed by atoms with Crippen molar-refractivity contribution in [2.24, 2.45) is 0 Å². The van der Waals surface area contributed by atoms with Crippen LogP contribution in [0.1, 0.15) is 17.7 Å². The molecular formula is C15H16ClNO2S. The van der Waals surface area contributed by atoms with Gasteiger partial charge in [0.15, 0.2) is 0 Å². The van der Waals surface area contributed by atoms with Gasteiger partial charge in [-0.3, -0.25) is 9.69 Å². The number of halogens is 1. The number of hydrogen-bond donors (Lipinski definition) is 0. The third-order valence-electron chi connectivity index (χ3n) is 3.79. The van der Waals surface area contributed by atoms with Crippen molar-refractivity contribution in [2.75, 3.05) is 13.7 Å². The van der Waals surface area contributed by atoms with Gasteiger partial charge >= 0.3 is 5.97 Å². The van der Waals surface area contributed by atoms with Gasteiger partial charge in [0.2, 0.25) is 0 Å². The van der Waals surface area contributed by atoms with Crippen molar-refractivity contribution in [1.29, 1.82) is 0 Å². The van der Waals surface area contributed by atoms with Gasteiger partial charge in [-0.15, -0.1) is 11.3 Å². The first kappa shape index (κ1) is 13.9. The van der Waals surface area contributed by atoms with E-state index in [4.69, 9.17) is 16.3 Å². The van der Waals surface area contributed by atoms with E-state index >= 15 is 0 Å². The highest BCUT2D eigenvalue weighted by Gasteiger charge is 2.32. The first-order valence-electron chi connectivity index (χ1n) is 6.68. The molecule has 0 spiro atoms. The van der Waals surface area contributed by atoms with E-state index in [-0.39, 0.29) is 12.0 Å². The zero-order valence-corrected chi connectivity index (χ0v) is 12.8. The fourth-order valence-electron chi connectivity index (χ4n) is 2.77. The van der Waals surface area contributed by atoms with Crippen LogP contribution in [0.15, 0.2) is 24.3 Å². The summed E-state index contributed by atoms with van der Waals surface area (Å²) in [6.45, 7) is 1.64. The standard InChI is InChI=1S/C15H16ClNO2S/c1-19-15(18)11-6-4-8-17(11)9-13-14(16)10-5-2-3-7-12(10)20-13/h2-3,5,7,11H,4,6,8-9H2,1H3. The van der Waals surface area contributed by atoms with E-state index in [1.54, 1.807) is 11.3 Å². The van der Waals surface area contributed by atoms with Crippen LogP contribution in [0.2, 0.25) is 5.02 Å². The Labute approximate surface area is 127 Å². The molecule has 106 valence electrons. The Kier molecular flexibility index (Phi) is 3.96. The molecule has 1 unspecified atom stereocenters. The normalized spacial score (nSPS) is 19.6. The van der Waals surface area contributed by atoms with Crippen LogP contribution >= 0.6 is 22.9 Å². The average molecular weight is 310 g/mol. The molecule has 20 heavy (non-hydrogen) atoms. The first-order valence-corrected chi connectivity index (χ1v) is 7.88. The molecule has 1 fully saturated rings. The molecule has 0 amide bonds. The van der Waals surface area contributed by atoms with Crippen molar-refractivity contribution < 1.29 is 9.53 Å². The maximum Gasteiger partial charge on any atom is 0.323 e. The molecule has 0 bridgehead atoms. The minimum absolute atomic E-state index is 0.124. The molecule has 1 saturated heterocycles. The summed E-state index contributed by atoms with van der Waals surface area (Å²) in [5.74, 6) is -0.139. The Morgan fingerprint density at radius 2 is 2.30 bits per heavy atom. The number of thiophene rings is 1. The number of ether oxygens (including phenoxy) is 1. The number of fused-ring (bicyclic) bond motifs is 1. The molecular weight excluding hydrogens is 294 g/mol. The molecule has 2 heterocycles. The van der Waals surface area contributed by atoms with Crippen molar-refractivity contribution >= 4 is 39.0 Å². The number of carbonyl (C=O) groups excluding carboxylic acids is 1. The quantitative estimate of drug-likeness (QED) is 0.810. The summed E-state index contributed by atoms with van der Waals surface area (Å²) in [6.07, 6.45) is 1.90. The van der Waals surface area contributed by atoms with Gasteiger partial charge in [0.25, 0.3) is 0 Å². The van der Waals surface area contributed by atoms with Crippen LogP contribution in [0.25, 0.3) is 10.1 Å². The number of carbonyl (C=O) groups is 1. The van der Waals surface area contributed by atoms with Gasteiger partial charge in [0.05, 0.1) is 12.1 Å². The molecule has 2 aromatic rings. The number of methoxy groups -OCH3 is 1. The molecule has 1 aromatic carbocycles. The van der Waals surface area contributed by atoms with E-state index in [2.05, 4.69) is 11.0 Å². The van der Waals surface area contributed by atoms with E-state index in [0.29, 0.717) is 0 Å². The Morgan fingerprint density at radius 3 is 3.05 bits per heavy atom. The monoisotopic (exact) mass is 309 g/mol. The number of benzene rings is 1. The Morgan fingerprint density at radius 1 is 1.50 bits per heavy atom. The summed E-state index contributed by atoms with van der Waals surface area (Å²) in [7, 11) is 1.45. The minimum Gasteiger partial charge on any atom is -0.468 e. The maximum absolute atomic E-state index is 11.8. The maximum atomic E-state index is 11.8. The van der Waals surface area contributed by atoms with E-state index in [1.165, 1.54) is 11.8 Å². The lowest BCUT2D eigenvalue weighted by Crippen LogP contribution is -2.36. The van der Waals surface area contributed by atoms with Gasteiger partial charge in [-0.2, -0.15) is 0 Å². The molecule has 0 N–H and O–H groups in total. The van der Waals surface area contributed by atoms with Crippen LogP contribution in [-0.4, -0.2) is 30.6 Å². The van der Waals surface area contributed by atoms with E-state index in [9.17, 15) is 4.79 Å². The highest BCUT2D eigenvalue weighted by Crippen LogP contribution is 2.37. The molecule has 1 aromatic heterocycles. The van der Waals surface area contributed by atoms with Gasteiger partial charge in [-0.1, -0.05) is 29.8 Å². The third kappa shape index (κ3) is 2.43. The highest BCUT2D eigenvalue weighted by atomic mass is 35.5. The Bertz CT molecular complexity index is 640. The van der Waals surface area contributed by atoms with Crippen molar-refractivity contribution in [3.63, 3.8) is 0 Å².